The fraction of sp³-hybridized carbons (Fsp3) is 0.125. The summed E-state index contributed by atoms with van der Waals surface area (Å²) in [5.74, 6) is 0. The molecule has 1 rings (SSSR count). The van der Waals surface area contributed by atoms with E-state index in [2.05, 4.69) is 4.74 Å². The molecule has 1 aromatic carbocycles. The van der Waals surface area contributed by atoms with Crippen LogP contribution in [-0.4, -0.2) is 22.6 Å². The zero-order valence-electron chi connectivity index (χ0n) is 7.18. The van der Waals surface area contributed by atoms with Gasteiger partial charge in [-0.1, -0.05) is 24.3 Å². The molecular weight excluding hydrogens is 206 g/mol. The van der Waals surface area contributed by atoms with Crippen LogP contribution in [0.5, 0.6) is 0 Å². The van der Waals surface area contributed by atoms with Crippen molar-refractivity contribution in [2.75, 3.05) is 0 Å². The first-order valence-electron chi connectivity index (χ1n) is 3.87. The second-order valence-electron chi connectivity index (χ2n) is 2.65. The van der Waals surface area contributed by atoms with Crippen molar-refractivity contribution in [2.45, 2.75) is 6.61 Å². The number of hydrogen-bond acceptors (Lipinski definition) is 4. The van der Waals surface area contributed by atoms with Crippen LogP contribution in [-0.2, 0) is 11.3 Å². The van der Waals surface area contributed by atoms with Crippen molar-refractivity contribution in [2.24, 2.45) is 0 Å². The van der Waals surface area contributed by atoms with Crippen molar-refractivity contribution in [3.05, 3.63) is 29.8 Å². The van der Waals surface area contributed by atoms with E-state index in [1.54, 1.807) is 18.2 Å². The van der Waals surface area contributed by atoms with Gasteiger partial charge in [-0.25, -0.2) is 4.79 Å². The maximum Gasteiger partial charge on any atom is 0.488 e. The number of rotatable bonds is 3. The highest BCUT2D eigenvalue weighted by molar-refractivity contribution is 6.61. The number of benzene rings is 1. The minimum absolute atomic E-state index is 0.0168. The molecule has 0 radical (unpaired) electrons. The summed E-state index contributed by atoms with van der Waals surface area (Å²) in [6.07, 6.45) is 0. The van der Waals surface area contributed by atoms with Gasteiger partial charge in [-0.2, -0.15) is 0 Å². The van der Waals surface area contributed by atoms with Gasteiger partial charge in [0.25, 0.3) is 0 Å². The lowest BCUT2D eigenvalue weighted by Gasteiger charge is -2.03. The lowest BCUT2D eigenvalue weighted by atomic mass is 9.80. The predicted octanol–water partition coefficient (Wildman–Crippen LogP) is 0.242. The monoisotopic (exact) mass is 214 g/mol. The number of hydrogen-bond donors (Lipinski definition) is 2. The van der Waals surface area contributed by atoms with Crippen LogP contribution in [0.25, 0.3) is 0 Å². The molecule has 14 heavy (non-hydrogen) atoms. The Morgan fingerprint density at radius 3 is 2.79 bits per heavy atom. The Kier molecular flexibility index (Phi) is 3.94. The van der Waals surface area contributed by atoms with Gasteiger partial charge >= 0.3 is 12.5 Å². The third-order valence-corrected chi connectivity index (χ3v) is 1.71. The van der Waals surface area contributed by atoms with E-state index < -0.39 is 12.5 Å². The van der Waals surface area contributed by atoms with Crippen LogP contribution in [0.3, 0.4) is 0 Å². The molecule has 0 fully saturated rings. The molecule has 0 aliphatic heterocycles. The van der Waals surface area contributed by atoms with Gasteiger partial charge in [0.1, 0.15) is 6.61 Å². The summed E-state index contributed by atoms with van der Waals surface area (Å²) in [5, 5.41) is 17.7. The first-order valence-corrected chi connectivity index (χ1v) is 4.24. The molecular formula is C8H8BClO4. The van der Waals surface area contributed by atoms with Crippen LogP contribution in [0.1, 0.15) is 5.56 Å². The van der Waals surface area contributed by atoms with Crippen LogP contribution in [0.15, 0.2) is 24.3 Å². The molecule has 0 aliphatic carbocycles. The van der Waals surface area contributed by atoms with Crippen molar-refractivity contribution in [1.29, 1.82) is 0 Å². The molecule has 0 bridgehead atoms. The molecule has 1 aromatic rings. The average molecular weight is 214 g/mol. The molecule has 4 nitrogen and oxygen atoms in total. The van der Waals surface area contributed by atoms with Crippen molar-refractivity contribution in [1.82, 2.24) is 0 Å². The molecule has 2 N–H and O–H groups in total. The average Bonchev–Trinajstić information content (AvgIpc) is 2.15. The molecule has 6 heteroatoms. The predicted molar refractivity (Wildman–Crippen MR) is 52.3 cm³/mol. The first kappa shape index (κ1) is 11.0. The highest BCUT2D eigenvalue weighted by Gasteiger charge is 2.10. The Balaban J connectivity index is 2.68. The molecule has 0 atom stereocenters. The molecule has 0 aliphatic rings. The minimum atomic E-state index is -1.53. The van der Waals surface area contributed by atoms with Gasteiger partial charge in [0.05, 0.1) is 0 Å². The van der Waals surface area contributed by atoms with E-state index in [9.17, 15) is 4.79 Å². The smallest absolute Gasteiger partial charge is 0.449 e. The molecule has 74 valence electrons. The van der Waals surface area contributed by atoms with E-state index in [1.165, 1.54) is 6.07 Å². The number of ether oxygens (including phenoxy) is 1. The quantitative estimate of drug-likeness (QED) is 0.559. The van der Waals surface area contributed by atoms with E-state index in [4.69, 9.17) is 21.6 Å². The second kappa shape index (κ2) is 5.00. The SMILES string of the molecule is O=C(Cl)OCc1cccc(B(O)O)c1. The molecule has 0 saturated carbocycles. The Hall–Kier alpha value is -1.04. The summed E-state index contributed by atoms with van der Waals surface area (Å²) in [5.41, 5.74) is 0.0951. The van der Waals surface area contributed by atoms with Gasteiger partial charge in [0.15, 0.2) is 0 Å². The third-order valence-electron chi connectivity index (χ3n) is 1.60. The maximum absolute atomic E-state index is 10.3. The third kappa shape index (κ3) is 3.37. The van der Waals surface area contributed by atoms with Gasteiger partial charge in [-0.05, 0) is 11.0 Å². The first-order chi connectivity index (χ1) is 6.59. The van der Waals surface area contributed by atoms with Gasteiger partial charge in [-0.15, -0.1) is 0 Å². The number of carbonyl (C=O) groups excluding carboxylic acids is 1. The fourth-order valence-electron chi connectivity index (χ4n) is 0.984. The van der Waals surface area contributed by atoms with E-state index in [0.717, 1.165) is 0 Å². The molecule has 0 aromatic heterocycles. The van der Waals surface area contributed by atoms with Crippen molar-refractivity contribution in [3.8, 4) is 0 Å². The fourth-order valence-corrected chi connectivity index (χ4v) is 1.04. The van der Waals surface area contributed by atoms with Crippen molar-refractivity contribution < 1.29 is 19.6 Å². The summed E-state index contributed by atoms with van der Waals surface area (Å²) < 4.78 is 4.53. The van der Waals surface area contributed by atoms with E-state index >= 15 is 0 Å². The molecule has 0 unspecified atom stereocenters. The maximum atomic E-state index is 10.3. The Labute approximate surface area is 86.2 Å². The molecule has 0 spiro atoms. The Bertz CT molecular complexity index is 329. The summed E-state index contributed by atoms with van der Waals surface area (Å²) in [6.45, 7) is 0.0168. The summed E-state index contributed by atoms with van der Waals surface area (Å²) in [4.78, 5) is 10.3. The van der Waals surface area contributed by atoms with Crippen LogP contribution < -0.4 is 5.46 Å². The lowest BCUT2D eigenvalue weighted by molar-refractivity contribution is 0.167. The Morgan fingerprint density at radius 2 is 2.21 bits per heavy atom. The lowest BCUT2D eigenvalue weighted by Crippen LogP contribution is -2.29. The second-order valence-corrected chi connectivity index (χ2v) is 2.95. The van der Waals surface area contributed by atoms with Gasteiger partial charge in [0, 0.05) is 11.6 Å². The van der Waals surface area contributed by atoms with Gasteiger partial charge < -0.3 is 14.8 Å². The zero-order chi connectivity index (χ0) is 10.6. The molecule has 0 heterocycles. The van der Waals surface area contributed by atoms with E-state index in [-0.39, 0.29) is 6.61 Å². The summed E-state index contributed by atoms with van der Waals surface area (Å²) in [7, 11) is -1.53. The molecule has 0 saturated heterocycles. The largest absolute Gasteiger partial charge is 0.488 e. The van der Waals surface area contributed by atoms with Crippen LogP contribution >= 0.6 is 11.6 Å². The zero-order valence-corrected chi connectivity index (χ0v) is 7.94. The van der Waals surface area contributed by atoms with Crippen LogP contribution in [0, 0.1) is 0 Å². The summed E-state index contributed by atoms with van der Waals surface area (Å²) >= 11 is 4.97. The van der Waals surface area contributed by atoms with E-state index in [1.807, 2.05) is 0 Å². The van der Waals surface area contributed by atoms with Crippen molar-refractivity contribution >= 4 is 29.6 Å². The number of carbonyl (C=O) groups is 1. The summed E-state index contributed by atoms with van der Waals surface area (Å²) in [6, 6.07) is 6.39. The van der Waals surface area contributed by atoms with Crippen LogP contribution in [0.2, 0.25) is 0 Å². The molecule has 0 amide bonds. The van der Waals surface area contributed by atoms with E-state index in [0.29, 0.717) is 11.0 Å². The minimum Gasteiger partial charge on any atom is -0.449 e. The standard InChI is InChI=1S/C8H8BClO4/c10-8(11)14-5-6-2-1-3-7(4-6)9(12)13/h1-4,12-13H,5H2. The van der Waals surface area contributed by atoms with Gasteiger partial charge in [-0.3, -0.25) is 0 Å². The highest BCUT2D eigenvalue weighted by atomic mass is 35.5. The highest BCUT2D eigenvalue weighted by Crippen LogP contribution is 2.01. The topological polar surface area (TPSA) is 66.8 Å². The van der Waals surface area contributed by atoms with Crippen molar-refractivity contribution in [3.63, 3.8) is 0 Å². The normalized spacial score (nSPS) is 9.64. The van der Waals surface area contributed by atoms with Crippen LogP contribution in [0.4, 0.5) is 4.79 Å². The van der Waals surface area contributed by atoms with Gasteiger partial charge in [0.2, 0.25) is 0 Å². The number of halogens is 1. The Morgan fingerprint density at radius 1 is 1.50 bits per heavy atom.